The molecular weight excluding hydrogens is 278 g/mol. The van der Waals surface area contributed by atoms with Crippen molar-refractivity contribution in [1.29, 1.82) is 0 Å². The SMILES string of the molecule is CO/C=C/CN(C(=O)C1=CC(OC)=CCC1)c1ccccc1. The van der Waals surface area contributed by atoms with Crippen molar-refractivity contribution in [3.05, 3.63) is 66.2 Å². The monoisotopic (exact) mass is 299 g/mol. The molecule has 2 rings (SSSR count). The van der Waals surface area contributed by atoms with Gasteiger partial charge in [0.2, 0.25) is 0 Å². The highest BCUT2D eigenvalue weighted by molar-refractivity contribution is 6.06. The molecule has 0 unspecified atom stereocenters. The second kappa shape index (κ2) is 8.08. The maximum Gasteiger partial charge on any atom is 0.254 e. The minimum absolute atomic E-state index is 0.00500. The number of carbonyl (C=O) groups excluding carboxylic acids is 1. The maximum absolute atomic E-state index is 12.9. The third-order valence-electron chi connectivity index (χ3n) is 3.42. The molecule has 0 atom stereocenters. The summed E-state index contributed by atoms with van der Waals surface area (Å²) in [6.45, 7) is 0.458. The summed E-state index contributed by atoms with van der Waals surface area (Å²) >= 11 is 0. The van der Waals surface area contributed by atoms with Crippen molar-refractivity contribution in [3.8, 4) is 0 Å². The van der Waals surface area contributed by atoms with Crippen LogP contribution in [0.4, 0.5) is 5.69 Å². The summed E-state index contributed by atoms with van der Waals surface area (Å²) in [5.41, 5.74) is 1.62. The number of ether oxygens (including phenoxy) is 2. The molecule has 0 radical (unpaired) electrons. The Morgan fingerprint density at radius 1 is 1.27 bits per heavy atom. The molecule has 0 N–H and O–H groups in total. The van der Waals surface area contributed by atoms with Crippen molar-refractivity contribution in [3.63, 3.8) is 0 Å². The number of benzene rings is 1. The first-order valence-corrected chi connectivity index (χ1v) is 7.25. The summed E-state index contributed by atoms with van der Waals surface area (Å²) in [5, 5.41) is 0. The van der Waals surface area contributed by atoms with Crippen LogP contribution in [0, 0.1) is 0 Å². The number of amides is 1. The molecule has 116 valence electrons. The van der Waals surface area contributed by atoms with Crippen LogP contribution >= 0.6 is 0 Å². The van der Waals surface area contributed by atoms with Gasteiger partial charge in [0.25, 0.3) is 5.91 Å². The number of para-hydroxylation sites is 1. The minimum Gasteiger partial charge on any atom is -0.505 e. The molecule has 0 aliphatic heterocycles. The first-order chi connectivity index (χ1) is 10.8. The van der Waals surface area contributed by atoms with E-state index in [0.29, 0.717) is 6.54 Å². The molecule has 1 aliphatic rings. The molecule has 0 fully saturated rings. The lowest BCUT2D eigenvalue weighted by atomic mass is 10.0. The van der Waals surface area contributed by atoms with Gasteiger partial charge in [0.1, 0.15) is 5.76 Å². The number of nitrogens with zero attached hydrogens (tertiary/aromatic N) is 1. The Labute approximate surface area is 131 Å². The Bertz CT molecular complexity index is 588. The first kappa shape index (κ1) is 15.9. The van der Waals surface area contributed by atoms with Crippen LogP contribution in [0.5, 0.6) is 0 Å². The number of anilines is 1. The Morgan fingerprint density at radius 3 is 2.73 bits per heavy atom. The van der Waals surface area contributed by atoms with E-state index in [-0.39, 0.29) is 5.91 Å². The average Bonchev–Trinajstić information content (AvgIpc) is 2.59. The molecule has 1 amide bonds. The highest BCUT2D eigenvalue weighted by Gasteiger charge is 2.20. The number of rotatable bonds is 6. The van der Waals surface area contributed by atoms with Gasteiger partial charge in [-0.15, -0.1) is 0 Å². The van der Waals surface area contributed by atoms with Crippen LogP contribution in [0.25, 0.3) is 0 Å². The van der Waals surface area contributed by atoms with Gasteiger partial charge in [-0.05, 0) is 43.2 Å². The van der Waals surface area contributed by atoms with E-state index in [1.54, 1.807) is 25.4 Å². The second-order valence-corrected chi connectivity index (χ2v) is 4.88. The van der Waals surface area contributed by atoms with Crippen molar-refractivity contribution < 1.29 is 14.3 Å². The summed E-state index contributed by atoms with van der Waals surface area (Å²) in [7, 11) is 3.20. The summed E-state index contributed by atoms with van der Waals surface area (Å²) < 4.78 is 10.2. The zero-order valence-electron chi connectivity index (χ0n) is 13.0. The van der Waals surface area contributed by atoms with Crippen molar-refractivity contribution in [2.24, 2.45) is 0 Å². The van der Waals surface area contributed by atoms with Crippen molar-refractivity contribution in [2.75, 3.05) is 25.7 Å². The Hall–Kier alpha value is -2.49. The average molecular weight is 299 g/mol. The van der Waals surface area contributed by atoms with Gasteiger partial charge >= 0.3 is 0 Å². The highest BCUT2D eigenvalue weighted by Crippen LogP contribution is 2.23. The van der Waals surface area contributed by atoms with Gasteiger partial charge in [-0.25, -0.2) is 0 Å². The second-order valence-electron chi connectivity index (χ2n) is 4.88. The van der Waals surface area contributed by atoms with Gasteiger partial charge < -0.3 is 14.4 Å². The molecule has 22 heavy (non-hydrogen) atoms. The summed E-state index contributed by atoms with van der Waals surface area (Å²) in [6.07, 6.45) is 8.76. The topological polar surface area (TPSA) is 38.8 Å². The van der Waals surface area contributed by atoms with Gasteiger partial charge in [-0.1, -0.05) is 18.2 Å². The lowest BCUT2D eigenvalue weighted by molar-refractivity contribution is -0.115. The van der Waals surface area contributed by atoms with E-state index >= 15 is 0 Å². The largest absolute Gasteiger partial charge is 0.505 e. The van der Waals surface area contributed by atoms with Gasteiger partial charge in [-0.3, -0.25) is 4.79 Å². The highest BCUT2D eigenvalue weighted by atomic mass is 16.5. The molecule has 4 heteroatoms. The molecule has 1 aromatic carbocycles. The Morgan fingerprint density at radius 2 is 2.05 bits per heavy atom. The van der Waals surface area contributed by atoms with E-state index in [0.717, 1.165) is 29.9 Å². The van der Waals surface area contributed by atoms with Crippen molar-refractivity contribution in [2.45, 2.75) is 12.8 Å². The predicted molar refractivity (Wildman–Crippen MR) is 87.4 cm³/mol. The molecule has 1 aromatic rings. The van der Waals surface area contributed by atoms with Crippen molar-refractivity contribution >= 4 is 11.6 Å². The lowest BCUT2D eigenvalue weighted by Gasteiger charge is -2.24. The zero-order chi connectivity index (χ0) is 15.8. The Kier molecular flexibility index (Phi) is 5.83. The standard InChI is InChI=1S/C18H21NO3/c1-21-13-7-12-19(16-9-4-3-5-10-16)18(20)15-8-6-11-17(14-15)22-2/h3-5,7,9-11,13-14H,6,8,12H2,1-2H3/b13-7+. The molecule has 4 nitrogen and oxygen atoms in total. The minimum atomic E-state index is -0.00500. The molecule has 0 spiro atoms. The normalized spacial score (nSPS) is 14.3. The quantitative estimate of drug-likeness (QED) is 0.755. The molecule has 0 saturated carbocycles. The number of hydrogen-bond donors (Lipinski definition) is 0. The third kappa shape index (κ3) is 4.01. The summed E-state index contributed by atoms with van der Waals surface area (Å²) in [6, 6.07) is 9.63. The molecule has 1 aliphatic carbocycles. The van der Waals surface area contributed by atoms with E-state index in [1.807, 2.05) is 48.6 Å². The van der Waals surface area contributed by atoms with Crippen LogP contribution in [-0.2, 0) is 14.3 Å². The van der Waals surface area contributed by atoms with Gasteiger partial charge in [-0.2, -0.15) is 0 Å². The molecule has 0 aromatic heterocycles. The van der Waals surface area contributed by atoms with Crippen LogP contribution < -0.4 is 4.90 Å². The molecular formula is C18H21NO3. The van der Waals surface area contributed by atoms with Gasteiger partial charge in [0.05, 0.1) is 20.5 Å². The number of hydrogen-bond acceptors (Lipinski definition) is 3. The van der Waals surface area contributed by atoms with Crippen LogP contribution in [0.2, 0.25) is 0 Å². The fourth-order valence-electron chi connectivity index (χ4n) is 2.32. The Balaban J connectivity index is 2.24. The predicted octanol–water partition coefficient (Wildman–Crippen LogP) is 3.43. The van der Waals surface area contributed by atoms with Crippen LogP contribution in [0.3, 0.4) is 0 Å². The third-order valence-corrected chi connectivity index (χ3v) is 3.42. The zero-order valence-corrected chi connectivity index (χ0v) is 13.0. The van der Waals surface area contributed by atoms with E-state index in [2.05, 4.69) is 0 Å². The summed E-state index contributed by atoms with van der Waals surface area (Å²) in [4.78, 5) is 14.6. The fraction of sp³-hybridized carbons (Fsp3) is 0.278. The molecule has 0 saturated heterocycles. The van der Waals surface area contributed by atoms with Gasteiger partial charge in [0.15, 0.2) is 0 Å². The maximum atomic E-state index is 12.9. The number of carbonyl (C=O) groups is 1. The van der Waals surface area contributed by atoms with Crippen molar-refractivity contribution in [1.82, 2.24) is 0 Å². The van der Waals surface area contributed by atoms with Crippen LogP contribution in [0.1, 0.15) is 12.8 Å². The molecule has 0 bridgehead atoms. The van der Waals surface area contributed by atoms with Gasteiger partial charge in [0, 0.05) is 17.8 Å². The number of methoxy groups -OCH3 is 2. The van der Waals surface area contributed by atoms with E-state index < -0.39 is 0 Å². The van der Waals surface area contributed by atoms with E-state index in [4.69, 9.17) is 9.47 Å². The lowest BCUT2D eigenvalue weighted by Crippen LogP contribution is -2.32. The summed E-state index contributed by atoms with van der Waals surface area (Å²) in [5.74, 6) is 0.740. The fourth-order valence-corrected chi connectivity index (χ4v) is 2.32. The smallest absolute Gasteiger partial charge is 0.254 e. The van der Waals surface area contributed by atoms with E-state index in [1.165, 1.54) is 0 Å². The first-order valence-electron chi connectivity index (χ1n) is 7.25. The number of allylic oxidation sites excluding steroid dienone is 2. The van der Waals surface area contributed by atoms with Crippen LogP contribution in [0.15, 0.2) is 66.2 Å². The molecule has 0 heterocycles. The van der Waals surface area contributed by atoms with E-state index in [9.17, 15) is 4.79 Å². The van der Waals surface area contributed by atoms with Crippen LogP contribution in [-0.4, -0.2) is 26.7 Å².